The Morgan fingerprint density at radius 1 is 1.19 bits per heavy atom. The molecule has 4 heteroatoms. The van der Waals surface area contributed by atoms with Gasteiger partial charge in [-0.2, -0.15) is 0 Å². The lowest BCUT2D eigenvalue weighted by molar-refractivity contribution is 0.0780. The molecule has 1 unspecified atom stereocenters. The van der Waals surface area contributed by atoms with E-state index < -0.39 is 0 Å². The number of nitrogens with one attached hydrogen (secondary N) is 1. The number of carbonyl (C=O) groups is 1. The molecule has 0 spiro atoms. The lowest BCUT2D eigenvalue weighted by Gasteiger charge is -2.23. The molecule has 4 nitrogen and oxygen atoms in total. The average molecular weight is 285 g/mol. The molecule has 1 amide bonds. The average Bonchev–Trinajstić information content (AvgIpc) is 3.24. The molecule has 21 heavy (non-hydrogen) atoms. The summed E-state index contributed by atoms with van der Waals surface area (Å²) >= 11 is 0. The van der Waals surface area contributed by atoms with Gasteiger partial charge in [0.2, 0.25) is 0 Å². The summed E-state index contributed by atoms with van der Waals surface area (Å²) in [4.78, 5) is 17.3. The summed E-state index contributed by atoms with van der Waals surface area (Å²) in [7, 11) is 0. The van der Waals surface area contributed by atoms with Gasteiger partial charge >= 0.3 is 0 Å². The Kier molecular flexibility index (Phi) is 3.34. The van der Waals surface area contributed by atoms with Gasteiger partial charge in [0, 0.05) is 36.9 Å². The highest BCUT2D eigenvalue weighted by Gasteiger charge is 2.32. The third kappa shape index (κ3) is 2.42. The van der Waals surface area contributed by atoms with Gasteiger partial charge in [-0.3, -0.25) is 9.69 Å². The van der Waals surface area contributed by atoms with Crippen LogP contribution in [0.2, 0.25) is 0 Å². The van der Waals surface area contributed by atoms with Crippen molar-refractivity contribution in [2.45, 2.75) is 31.7 Å². The highest BCUT2D eigenvalue weighted by molar-refractivity contribution is 5.95. The van der Waals surface area contributed by atoms with Crippen LogP contribution in [-0.2, 0) is 6.42 Å². The normalized spacial score (nSPS) is 25.1. The number of fused-ring (bicyclic) bond motifs is 1. The van der Waals surface area contributed by atoms with Crippen molar-refractivity contribution >= 4 is 11.6 Å². The fraction of sp³-hybridized carbons (Fsp3) is 0.588. The van der Waals surface area contributed by atoms with Gasteiger partial charge in [-0.05, 0) is 62.5 Å². The molecule has 3 heterocycles. The summed E-state index contributed by atoms with van der Waals surface area (Å²) in [5.74, 6) is 0.214. The number of nitrogens with zero attached hydrogens (tertiary/aromatic N) is 2. The van der Waals surface area contributed by atoms with Gasteiger partial charge in [-0.1, -0.05) is 0 Å². The van der Waals surface area contributed by atoms with Crippen molar-refractivity contribution in [1.82, 2.24) is 9.80 Å². The number of benzene rings is 1. The van der Waals surface area contributed by atoms with E-state index in [4.69, 9.17) is 0 Å². The van der Waals surface area contributed by atoms with Crippen LogP contribution in [-0.4, -0.2) is 54.5 Å². The zero-order valence-electron chi connectivity index (χ0n) is 12.5. The number of carbonyl (C=O) groups excluding carboxylic acids is 1. The molecule has 0 saturated carbocycles. The minimum atomic E-state index is 0.214. The van der Waals surface area contributed by atoms with Crippen molar-refractivity contribution < 1.29 is 4.79 Å². The Morgan fingerprint density at radius 3 is 2.90 bits per heavy atom. The SMILES string of the molecule is O=C(c1ccc2c(c1)CCN2)N1CCC(N2CCCC2)C1. The van der Waals surface area contributed by atoms with Gasteiger partial charge in [0.25, 0.3) is 5.91 Å². The summed E-state index contributed by atoms with van der Waals surface area (Å²) in [6.45, 7) is 5.26. The molecule has 1 aromatic carbocycles. The third-order valence-corrected chi connectivity index (χ3v) is 5.17. The second-order valence-corrected chi connectivity index (χ2v) is 6.49. The predicted molar refractivity (Wildman–Crippen MR) is 83.8 cm³/mol. The van der Waals surface area contributed by atoms with Crippen LogP contribution < -0.4 is 5.32 Å². The Bertz CT molecular complexity index is 551. The largest absolute Gasteiger partial charge is 0.384 e. The highest BCUT2D eigenvalue weighted by Crippen LogP contribution is 2.26. The molecule has 0 aromatic heterocycles. The fourth-order valence-corrected chi connectivity index (χ4v) is 3.95. The number of hydrogen-bond donors (Lipinski definition) is 1. The maximum Gasteiger partial charge on any atom is 0.253 e. The minimum Gasteiger partial charge on any atom is -0.384 e. The van der Waals surface area contributed by atoms with Gasteiger partial charge in [-0.25, -0.2) is 0 Å². The van der Waals surface area contributed by atoms with E-state index in [0.29, 0.717) is 6.04 Å². The zero-order valence-corrected chi connectivity index (χ0v) is 12.5. The van der Waals surface area contributed by atoms with Crippen molar-refractivity contribution in [1.29, 1.82) is 0 Å². The van der Waals surface area contributed by atoms with E-state index in [1.807, 2.05) is 11.0 Å². The molecular weight excluding hydrogens is 262 g/mol. The first-order valence-corrected chi connectivity index (χ1v) is 8.21. The van der Waals surface area contributed by atoms with E-state index in [1.165, 1.54) is 37.2 Å². The summed E-state index contributed by atoms with van der Waals surface area (Å²) in [5.41, 5.74) is 3.35. The molecule has 1 atom stereocenters. The van der Waals surface area contributed by atoms with Crippen LogP contribution in [0.1, 0.15) is 35.2 Å². The lowest BCUT2D eigenvalue weighted by Crippen LogP contribution is -2.37. The molecule has 112 valence electrons. The van der Waals surface area contributed by atoms with E-state index >= 15 is 0 Å². The van der Waals surface area contributed by atoms with Gasteiger partial charge < -0.3 is 10.2 Å². The Labute approximate surface area is 126 Å². The summed E-state index contributed by atoms with van der Waals surface area (Å²) < 4.78 is 0. The lowest BCUT2D eigenvalue weighted by atomic mass is 10.1. The second kappa shape index (κ2) is 5.34. The van der Waals surface area contributed by atoms with E-state index in [-0.39, 0.29) is 5.91 Å². The number of likely N-dealkylation sites (tertiary alicyclic amines) is 2. The van der Waals surface area contributed by atoms with Gasteiger partial charge in [0.05, 0.1) is 0 Å². The van der Waals surface area contributed by atoms with Crippen molar-refractivity contribution in [2.24, 2.45) is 0 Å². The molecule has 1 N–H and O–H groups in total. The molecule has 3 aliphatic heterocycles. The van der Waals surface area contributed by atoms with Gasteiger partial charge in [0.15, 0.2) is 0 Å². The molecular formula is C17H23N3O. The van der Waals surface area contributed by atoms with Crippen molar-refractivity contribution in [2.75, 3.05) is 38.0 Å². The minimum absolute atomic E-state index is 0.214. The second-order valence-electron chi connectivity index (χ2n) is 6.49. The number of amides is 1. The quantitative estimate of drug-likeness (QED) is 0.902. The van der Waals surface area contributed by atoms with E-state index in [9.17, 15) is 4.79 Å². The summed E-state index contributed by atoms with van der Waals surface area (Å²) in [6, 6.07) is 6.71. The van der Waals surface area contributed by atoms with Crippen LogP contribution in [0.3, 0.4) is 0 Å². The molecule has 0 aliphatic carbocycles. The topological polar surface area (TPSA) is 35.6 Å². The fourth-order valence-electron chi connectivity index (χ4n) is 3.95. The van der Waals surface area contributed by atoms with Crippen LogP contribution in [0.4, 0.5) is 5.69 Å². The van der Waals surface area contributed by atoms with Crippen LogP contribution in [0.25, 0.3) is 0 Å². The maximum atomic E-state index is 12.7. The van der Waals surface area contributed by atoms with E-state index in [1.54, 1.807) is 0 Å². The van der Waals surface area contributed by atoms with Gasteiger partial charge in [0.1, 0.15) is 0 Å². The molecule has 3 aliphatic rings. The van der Waals surface area contributed by atoms with Crippen molar-refractivity contribution in [3.05, 3.63) is 29.3 Å². The molecule has 2 fully saturated rings. The maximum absolute atomic E-state index is 12.7. The first kappa shape index (κ1) is 13.1. The van der Waals surface area contributed by atoms with Crippen molar-refractivity contribution in [3.63, 3.8) is 0 Å². The Balaban J connectivity index is 1.45. The number of rotatable bonds is 2. The molecule has 2 saturated heterocycles. The third-order valence-electron chi connectivity index (χ3n) is 5.17. The smallest absolute Gasteiger partial charge is 0.253 e. The van der Waals surface area contributed by atoms with E-state index in [0.717, 1.165) is 38.0 Å². The molecule has 0 bridgehead atoms. The number of hydrogen-bond acceptors (Lipinski definition) is 3. The molecule has 0 radical (unpaired) electrons. The predicted octanol–water partition coefficient (Wildman–Crippen LogP) is 1.96. The Hall–Kier alpha value is -1.55. The molecule has 1 aromatic rings. The van der Waals surface area contributed by atoms with Crippen LogP contribution in [0.5, 0.6) is 0 Å². The number of anilines is 1. The monoisotopic (exact) mass is 285 g/mol. The van der Waals surface area contributed by atoms with Crippen LogP contribution in [0.15, 0.2) is 18.2 Å². The highest BCUT2D eigenvalue weighted by atomic mass is 16.2. The zero-order chi connectivity index (χ0) is 14.2. The van der Waals surface area contributed by atoms with Crippen LogP contribution in [0, 0.1) is 0 Å². The van der Waals surface area contributed by atoms with E-state index in [2.05, 4.69) is 22.3 Å². The first-order chi connectivity index (χ1) is 10.3. The summed E-state index contributed by atoms with van der Waals surface area (Å²) in [6.07, 6.45) is 4.82. The standard InChI is InChI=1S/C17H23N3O/c21-17(14-3-4-16-13(11-14)5-7-18-16)20-10-6-15(12-20)19-8-1-2-9-19/h3-4,11,15,18H,1-2,5-10,12H2. The van der Waals surface area contributed by atoms with Crippen molar-refractivity contribution in [3.8, 4) is 0 Å². The first-order valence-electron chi connectivity index (χ1n) is 8.21. The van der Waals surface area contributed by atoms with Crippen LogP contribution >= 0.6 is 0 Å². The molecule has 4 rings (SSSR count). The Morgan fingerprint density at radius 2 is 2.05 bits per heavy atom. The van der Waals surface area contributed by atoms with Gasteiger partial charge in [-0.15, -0.1) is 0 Å². The summed E-state index contributed by atoms with van der Waals surface area (Å²) in [5, 5.41) is 3.35.